The molecule has 84 valence electrons. The molecule has 2 heterocycles. The molecule has 0 fully saturated rings. The number of H-pyrrole nitrogens is 2. The molecule has 2 aromatic heterocycles. The summed E-state index contributed by atoms with van der Waals surface area (Å²) in [4.78, 5) is 11.5. The minimum absolute atomic E-state index is 0.536. The van der Waals surface area contributed by atoms with Crippen LogP contribution in [-0.2, 0) is 6.42 Å². The van der Waals surface area contributed by atoms with Gasteiger partial charge in [-0.15, -0.1) is 0 Å². The summed E-state index contributed by atoms with van der Waals surface area (Å²) in [6.07, 6.45) is 3.38. The third-order valence-electron chi connectivity index (χ3n) is 2.07. The SMILES string of the molecule is CCCc1[nH]c(-c2ncn[nH]2)nc(=S)c1Br. The van der Waals surface area contributed by atoms with E-state index in [-0.39, 0.29) is 0 Å². The monoisotopic (exact) mass is 299 g/mol. The predicted molar refractivity (Wildman–Crippen MR) is 66.5 cm³/mol. The Morgan fingerprint density at radius 2 is 2.25 bits per heavy atom. The molecule has 2 N–H and O–H groups in total. The number of aromatic nitrogens is 5. The first-order chi connectivity index (χ1) is 7.72. The quantitative estimate of drug-likeness (QED) is 0.855. The van der Waals surface area contributed by atoms with Crippen molar-refractivity contribution in [3.05, 3.63) is 21.1 Å². The van der Waals surface area contributed by atoms with E-state index in [0.29, 0.717) is 16.3 Å². The normalized spacial score (nSPS) is 10.6. The Bertz CT molecular complexity index is 533. The van der Waals surface area contributed by atoms with Crippen LogP contribution in [0.2, 0.25) is 0 Å². The van der Waals surface area contributed by atoms with E-state index in [1.807, 2.05) is 0 Å². The minimum atomic E-state index is 0.536. The van der Waals surface area contributed by atoms with Gasteiger partial charge in [-0.3, -0.25) is 5.10 Å². The topological polar surface area (TPSA) is 70.2 Å². The fraction of sp³-hybridized carbons (Fsp3) is 0.333. The van der Waals surface area contributed by atoms with E-state index in [4.69, 9.17) is 12.2 Å². The van der Waals surface area contributed by atoms with Crippen molar-refractivity contribution in [1.82, 2.24) is 25.1 Å². The molecule has 0 saturated carbocycles. The standard InChI is InChI=1S/C9H10BrN5S/c1-2-3-5-6(10)9(16)14-8(13-5)7-11-4-12-15-7/h4H,2-3H2,1H3,(H,11,12,15)(H,13,14,16). The number of hydrogen-bond donors (Lipinski definition) is 2. The maximum atomic E-state index is 5.18. The Kier molecular flexibility index (Phi) is 3.45. The molecule has 0 atom stereocenters. The number of aryl methyl sites for hydroxylation is 1. The summed E-state index contributed by atoms with van der Waals surface area (Å²) in [5.74, 6) is 1.21. The zero-order valence-corrected chi connectivity index (χ0v) is 11.0. The summed E-state index contributed by atoms with van der Waals surface area (Å²) >= 11 is 8.61. The zero-order chi connectivity index (χ0) is 11.5. The van der Waals surface area contributed by atoms with Crippen LogP contribution in [0.5, 0.6) is 0 Å². The molecule has 7 heteroatoms. The van der Waals surface area contributed by atoms with Crippen LogP contribution in [0.3, 0.4) is 0 Å². The summed E-state index contributed by atoms with van der Waals surface area (Å²) in [5, 5.41) is 6.54. The van der Waals surface area contributed by atoms with E-state index in [9.17, 15) is 0 Å². The van der Waals surface area contributed by atoms with Crippen LogP contribution in [0.25, 0.3) is 11.6 Å². The first-order valence-electron chi connectivity index (χ1n) is 4.86. The first kappa shape index (κ1) is 11.4. The van der Waals surface area contributed by atoms with Crippen molar-refractivity contribution in [1.29, 1.82) is 0 Å². The number of hydrogen-bond acceptors (Lipinski definition) is 4. The number of nitrogens with zero attached hydrogens (tertiary/aromatic N) is 3. The highest BCUT2D eigenvalue weighted by atomic mass is 79.9. The van der Waals surface area contributed by atoms with Gasteiger partial charge in [0, 0.05) is 5.69 Å². The summed E-state index contributed by atoms with van der Waals surface area (Å²) in [6, 6.07) is 0. The summed E-state index contributed by atoms with van der Waals surface area (Å²) in [6.45, 7) is 2.11. The van der Waals surface area contributed by atoms with Gasteiger partial charge in [0.1, 0.15) is 11.0 Å². The molecule has 0 aliphatic heterocycles. The van der Waals surface area contributed by atoms with E-state index in [1.54, 1.807) is 0 Å². The molecule has 0 amide bonds. The molecule has 0 unspecified atom stereocenters. The molecule has 2 aromatic rings. The Hall–Kier alpha value is -1.08. The average Bonchev–Trinajstić information content (AvgIpc) is 2.78. The van der Waals surface area contributed by atoms with Gasteiger partial charge in [-0.05, 0) is 22.4 Å². The largest absolute Gasteiger partial charge is 0.339 e. The van der Waals surface area contributed by atoms with Gasteiger partial charge in [-0.1, -0.05) is 25.6 Å². The molecule has 0 aliphatic rings. The lowest BCUT2D eigenvalue weighted by atomic mass is 10.2. The van der Waals surface area contributed by atoms with E-state index < -0.39 is 0 Å². The maximum absolute atomic E-state index is 5.18. The van der Waals surface area contributed by atoms with Crippen LogP contribution in [0.4, 0.5) is 0 Å². The summed E-state index contributed by atoms with van der Waals surface area (Å²) in [7, 11) is 0. The summed E-state index contributed by atoms with van der Waals surface area (Å²) in [5.41, 5.74) is 1.04. The van der Waals surface area contributed by atoms with Gasteiger partial charge in [0.05, 0.1) is 4.47 Å². The van der Waals surface area contributed by atoms with E-state index >= 15 is 0 Å². The highest BCUT2D eigenvalue weighted by Crippen LogP contribution is 2.20. The second kappa shape index (κ2) is 4.84. The van der Waals surface area contributed by atoms with Crippen LogP contribution in [0.15, 0.2) is 10.8 Å². The Morgan fingerprint density at radius 1 is 1.44 bits per heavy atom. The van der Waals surface area contributed by atoms with Crippen LogP contribution >= 0.6 is 28.1 Å². The highest BCUT2D eigenvalue weighted by molar-refractivity contribution is 9.10. The molecule has 0 radical (unpaired) electrons. The fourth-order valence-corrected chi connectivity index (χ4v) is 1.96. The molecule has 0 spiro atoms. The van der Waals surface area contributed by atoms with Gasteiger partial charge >= 0.3 is 0 Å². The Labute approximate surface area is 106 Å². The van der Waals surface area contributed by atoms with E-state index in [0.717, 1.165) is 23.0 Å². The lowest BCUT2D eigenvalue weighted by molar-refractivity contribution is 0.862. The molecular weight excluding hydrogens is 290 g/mol. The van der Waals surface area contributed by atoms with Crippen LogP contribution in [0, 0.1) is 4.64 Å². The van der Waals surface area contributed by atoms with Gasteiger partial charge in [-0.2, -0.15) is 5.10 Å². The molecule has 16 heavy (non-hydrogen) atoms. The van der Waals surface area contributed by atoms with Crippen molar-refractivity contribution >= 4 is 28.1 Å². The van der Waals surface area contributed by atoms with Gasteiger partial charge < -0.3 is 4.98 Å². The Morgan fingerprint density at radius 3 is 2.88 bits per heavy atom. The van der Waals surface area contributed by atoms with Crippen molar-refractivity contribution in [2.75, 3.05) is 0 Å². The van der Waals surface area contributed by atoms with Gasteiger partial charge in [0.2, 0.25) is 0 Å². The van der Waals surface area contributed by atoms with Crippen molar-refractivity contribution < 1.29 is 0 Å². The number of rotatable bonds is 3. The molecule has 0 aliphatic carbocycles. The van der Waals surface area contributed by atoms with Crippen LogP contribution in [0.1, 0.15) is 19.0 Å². The lowest BCUT2D eigenvalue weighted by Crippen LogP contribution is -1.99. The van der Waals surface area contributed by atoms with Crippen molar-refractivity contribution in [3.63, 3.8) is 0 Å². The molecule has 5 nitrogen and oxygen atoms in total. The smallest absolute Gasteiger partial charge is 0.191 e. The third-order valence-corrected chi connectivity index (χ3v) is 3.49. The molecule has 2 rings (SSSR count). The van der Waals surface area contributed by atoms with Gasteiger partial charge in [0.15, 0.2) is 11.6 Å². The highest BCUT2D eigenvalue weighted by Gasteiger charge is 2.08. The molecule has 0 bridgehead atoms. The number of halogens is 1. The average molecular weight is 300 g/mol. The zero-order valence-electron chi connectivity index (χ0n) is 8.62. The van der Waals surface area contributed by atoms with Crippen molar-refractivity contribution in [2.45, 2.75) is 19.8 Å². The number of aromatic amines is 2. The third kappa shape index (κ3) is 2.19. The van der Waals surface area contributed by atoms with Crippen molar-refractivity contribution in [2.24, 2.45) is 0 Å². The van der Waals surface area contributed by atoms with Gasteiger partial charge in [0.25, 0.3) is 0 Å². The Balaban J connectivity index is 2.53. The van der Waals surface area contributed by atoms with E-state index in [2.05, 4.69) is 48.0 Å². The minimum Gasteiger partial charge on any atom is -0.339 e. The maximum Gasteiger partial charge on any atom is 0.191 e. The molecule has 0 aromatic carbocycles. The summed E-state index contributed by atoms with van der Waals surface area (Å²) < 4.78 is 1.39. The lowest BCUT2D eigenvalue weighted by Gasteiger charge is -2.05. The second-order valence-corrected chi connectivity index (χ2v) is 4.45. The van der Waals surface area contributed by atoms with Crippen molar-refractivity contribution in [3.8, 4) is 11.6 Å². The van der Waals surface area contributed by atoms with Crippen LogP contribution in [-0.4, -0.2) is 25.1 Å². The van der Waals surface area contributed by atoms with E-state index in [1.165, 1.54) is 6.33 Å². The fourth-order valence-electron chi connectivity index (χ4n) is 1.36. The number of nitrogens with one attached hydrogen (secondary N) is 2. The molecular formula is C9H10BrN5S. The van der Waals surface area contributed by atoms with Gasteiger partial charge in [-0.25, -0.2) is 9.97 Å². The molecule has 0 saturated heterocycles. The predicted octanol–water partition coefficient (Wildman–Crippen LogP) is 2.64. The van der Waals surface area contributed by atoms with Crippen LogP contribution < -0.4 is 0 Å². The second-order valence-electron chi connectivity index (χ2n) is 3.27. The first-order valence-corrected chi connectivity index (χ1v) is 6.07.